The monoisotopic (exact) mass is 162 g/mol. The van der Waals surface area contributed by atoms with Gasteiger partial charge in [0.25, 0.3) is 0 Å². The molecule has 12 heavy (non-hydrogen) atoms. The van der Waals surface area contributed by atoms with Gasteiger partial charge in [0, 0.05) is 0 Å². The molecular weight excluding hydrogens is 152 g/mol. The van der Waals surface area contributed by atoms with Crippen molar-refractivity contribution in [3.8, 4) is 0 Å². The molecule has 0 saturated heterocycles. The van der Waals surface area contributed by atoms with Crippen LogP contribution in [0.25, 0.3) is 6.08 Å². The van der Waals surface area contributed by atoms with Crippen LogP contribution in [0, 0.1) is 0 Å². The maximum atomic E-state index is 10.1. The first-order chi connectivity index (χ1) is 5.79. The summed E-state index contributed by atoms with van der Waals surface area (Å²) in [5, 5.41) is 8.34. The Kier molecular flexibility index (Phi) is 3.08. The summed E-state index contributed by atoms with van der Waals surface area (Å²) in [5.74, 6) is -0.804. The second kappa shape index (κ2) is 4.34. The van der Waals surface area contributed by atoms with Crippen molar-refractivity contribution in [1.29, 1.82) is 0 Å². The Hall–Kier alpha value is -1.57. The lowest BCUT2D eigenvalue weighted by Gasteiger charge is -1.89. The van der Waals surface area contributed by atoms with Crippen molar-refractivity contribution in [1.82, 2.24) is 0 Å². The van der Waals surface area contributed by atoms with Gasteiger partial charge < -0.3 is 5.11 Å². The Bertz CT molecular complexity index is 275. The van der Waals surface area contributed by atoms with Crippen molar-refractivity contribution < 1.29 is 9.90 Å². The third kappa shape index (κ3) is 3.01. The van der Waals surface area contributed by atoms with E-state index in [-0.39, 0.29) is 6.42 Å². The number of benzene rings is 1. The fourth-order valence-corrected chi connectivity index (χ4v) is 0.860. The lowest BCUT2D eigenvalue weighted by molar-refractivity contribution is -0.135. The normalized spacial score (nSPS) is 10.3. The fourth-order valence-electron chi connectivity index (χ4n) is 0.860. The van der Waals surface area contributed by atoms with Gasteiger partial charge in [0.1, 0.15) is 0 Å². The van der Waals surface area contributed by atoms with Crippen LogP contribution < -0.4 is 0 Å². The predicted octanol–water partition coefficient (Wildman–Crippen LogP) is 2.17. The number of aliphatic carboxylic acids is 1. The molecule has 1 aromatic carbocycles. The molecule has 0 amide bonds. The van der Waals surface area contributed by atoms with Crippen LogP contribution in [0.1, 0.15) is 12.0 Å². The Morgan fingerprint density at radius 1 is 1.33 bits per heavy atom. The summed E-state index contributed by atoms with van der Waals surface area (Å²) in [6, 6.07) is 9.62. The molecule has 0 unspecified atom stereocenters. The molecule has 0 spiro atoms. The number of carboxylic acid groups (broad SMARTS) is 1. The van der Waals surface area contributed by atoms with E-state index in [1.807, 2.05) is 30.3 Å². The molecule has 1 aromatic rings. The molecule has 62 valence electrons. The largest absolute Gasteiger partial charge is 0.481 e. The maximum absolute atomic E-state index is 10.1. The van der Waals surface area contributed by atoms with E-state index in [0.717, 1.165) is 5.56 Å². The zero-order valence-corrected chi connectivity index (χ0v) is 6.60. The number of hydrogen-bond donors (Lipinski definition) is 1. The zero-order chi connectivity index (χ0) is 8.81. The van der Waals surface area contributed by atoms with Gasteiger partial charge in [0.05, 0.1) is 6.42 Å². The third-order valence-electron chi connectivity index (χ3n) is 1.40. The van der Waals surface area contributed by atoms with Gasteiger partial charge in [-0.1, -0.05) is 42.5 Å². The molecule has 0 bridgehead atoms. The van der Waals surface area contributed by atoms with Crippen molar-refractivity contribution in [2.24, 2.45) is 0 Å². The Morgan fingerprint density at radius 2 is 2.00 bits per heavy atom. The van der Waals surface area contributed by atoms with E-state index >= 15 is 0 Å². The van der Waals surface area contributed by atoms with Gasteiger partial charge in [-0.25, -0.2) is 0 Å². The summed E-state index contributed by atoms with van der Waals surface area (Å²) in [7, 11) is 0. The summed E-state index contributed by atoms with van der Waals surface area (Å²) in [6.07, 6.45) is 3.51. The highest BCUT2D eigenvalue weighted by molar-refractivity contribution is 5.70. The Morgan fingerprint density at radius 3 is 2.58 bits per heavy atom. The van der Waals surface area contributed by atoms with Gasteiger partial charge >= 0.3 is 5.97 Å². The van der Waals surface area contributed by atoms with Crippen LogP contribution in [0.5, 0.6) is 0 Å². The third-order valence-corrected chi connectivity index (χ3v) is 1.40. The minimum Gasteiger partial charge on any atom is -0.481 e. The summed E-state index contributed by atoms with van der Waals surface area (Å²) in [5.41, 5.74) is 1.03. The molecule has 0 aliphatic carbocycles. The van der Waals surface area contributed by atoms with E-state index in [4.69, 9.17) is 5.11 Å². The summed E-state index contributed by atoms with van der Waals surface area (Å²) in [4.78, 5) is 10.1. The van der Waals surface area contributed by atoms with Crippen LogP contribution in [0.15, 0.2) is 36.4 Å². The molecule has 0 radical (unpaired) electrons. The summed E-state index contributed by atoms with van der Waals surface area (Å²) >= 11 is 0. The van der Waals surface area contributed by atoms with Crippen molar-refractivity contribution in [2.75, 3.05) is 0 Å². The molecule has 2 heteroatoms. The Labute approximate surface area is 71.2 Å². The molecule has 0 atom stereocenters. The standard InChI is InChI=1S/C10H10O2/c11-10(12)8-4-7-9-5-2-1-3-6-9/h1-7H,8H2,(H,11,12). The molecule has 1 N–H and O–H groups in total. The molecule has 0 aromatic heterocycles. The summed E-state index contributed by atoms with van der Waals surface area (Å²) in [6.45, 7) is 0. The van der Waals surface area contributed by atoms with E-state index < -0.39 is 5.97 Å². The van der Waals surface area contributed by atoms with Gasteiger partial charge in [-0.15, -0.1) is 0 Å². The van der Waals surface area contributed by atoms with Crippen LogP contribution >= 0.6 is 0 Å². The van der Waals surface area contributed by atoms with Crippen LogP contribution in [-0.2, 0) is 4.79 Å². The van der Waals surface area contributed by atoms with Crippen molar-refractivity contribution in [2.45, 2.75) is 6.42 Å². The van der Waals surface area contributed by atoms with Crippen LogP contribution in [0.4, 0.5) is 0 Å². The van der Waals surface area contributed by atoms with Crippen molar-refractivity contribution >= 4 is 12.0 Å². The van der Waals surface area contributed by atoms with Gasteiger partial charge in [0.2, 0.25) is 0 Å². The predicted molar refractivity (Wildman–Crippen MR) is 47.7 cm³/mol. The molecule has 0 aliphatic rings. The first kappa shape index (κ1) is 8.53. The highest BCUT2D eigenvalue weighted by Crippen LogP contribution is 2.01. The molecule has 1 rings (SSSR count). The first-order valence-corrected chi connectivity index (χ1v) is 3.72. The lowest BCUT2D eigenvalue weighted by Crippen LogP contribution is -1.89. The van der Waals surface area contributed by atoms with E-state index in [1.54, 1.807) is 12.2 Å². The smallest absolute Gasteiger partial charge is 0.307 e. The van der Waals surface area contributed by atoms with Crippen molar-refractivity contribution in [3.63, 3.8) is 0 Å². The average molecular weight is 162 g/mol. The van der Waals surface area contributed by atoms with Gasteiger partial charge in [-0.2, -0.15) is 0 Å². The fraction of sp³-hybridized carbons (Fsp3) is 0.100. The van der Waals surface area contributed by atoms with E-state index in [0.29, 0.717) is 0 Å². The quantitative estimate of drug-likeness (QED) is 0.739. The molecule has 0 aliphatic heterocycles. The molecule has 0 heterocycles. The average Bonchev–Trinajstić information content (AvgIpc) is 2.05. The number of carbonyl (C=O) groups is 1. The van der Waals surface area contributed by atoms with Crippen LogP contribution in [-0.4, -0.2) is 11.1 Å². The minimum atomic E-state index is -0.804. The topological polar surface area (TPSA) is 37.3 Å². The molecule has 2 nitrogen and oxygen atoms in total. The summed E-state index contributed by atoms with van der Waals surface area (Å²) < 4.78 is 0. The Balaban J connectivity index is 2.52. The van der Waals surface area contributed by atoms with Crippen molar-refractivity contribution in [3.05, 3.63) is 42.0 Å². The van der Waals surface area contributed by atoms with Crippen LogP contribution in [0.2, 0.25) is 0 Å². The highest BCUT2D eigenvalue weighted by atomic mass is 16.4. The van der Waals surface area contributed by atoms with Gasteiger partial charge in [-0.3, -0.25) is 4.79 Å². The second-order valence-corrected chi connectivity index (χ2v) is 2.41. The number of carboxylic acids is 1. The van der Waals surface area contributed by atoms with Gasteiger partial charge in [0.15, 0.2) is 0 Å². The maximum Gasteiger partial charge on any atom is 0.307 e. The van der Waals surface area contributed by atoms with E-state index in [9.17, 15) is 4.79 Å². The van der Waals surface area contributed by atoms with E-state index in [1.165, 1.54) is 0 Å². The lowest BCUT2D eigenvalue weighted by atomic mass is 10.2. The zero-order valence-electron chi connectivity index (χ0n) is 6.60. The molecular formula is C10H10O2. The second-order valence-electron chi connectivity index (χ2n) is 2.41. The SMILES string of the molecule is O=C(O)CC=Cc1ccccc1. The number of rotatable bonds is 3. The first-order valence-electron chi connectivity index (χ1n) is 3.72. The van der Waals surface area contributed by atoms with Gasteiger partial charge in [-0.05, 0) is 5.56 Å². The van der Waals surface area contributed by atoms with E-state index in [2.05, 4.69) is 0 Å². The number of hydrogen-bond acceptors (Lipinski definition) is 1. The molecule has 0 saturated carbocycles. The highest BCUT2D eigenvalue weighted by Gasteiger charge is 1.88. The molecule has 0 fully saturated rings. The minimum absolute atomic E-state index is 0.0783. The van der Waals surface area contributed by atoms with Crippen LogP contribution in [0.3, 0.4) is 0 Å².